The van der Waals surface area contributed by atoms with Gasteiger partial charge in [0.2, 0.25) is 0 Å². The van der Waals surface area contributed by atoms with Crippen molar-refractivity contribution in [1.82, 2.24) is 20.0 Å². The first-order valence-corrected chi connectivity index (χ1v) is 6.16. The zero-order valence-corrected chi connectivity index (χ0v) is 10.8. The SMILES string of the molecule is CCN1CCN(C(=O)c2n[nH]c(C)c2C)CC1. The Bertz CT molecular complexity index is 405. The van der Waals surface area contributed by atoms with Gasteiger partial charge in [-0.25, -0.2) is 0 Å². The summed E-state index contributed by atoms with van der Waals surface area (Å²) in [5.41, 5.74) is 2.51. The van der Waals surface area contributed by atoms with Crippen LogP contribution in [0.2, 0.25) is 0 Å². The summed E-state index contributed by atoms with van der Waals surface area (Å²) in [6.07, 6.45) is 0. The van der Waals surface area contributed by atoms with Gasteiger partial charge in [0.05, 0.1) is 0 Å². The summed E-state index contributed by atoms with van der Waals surface area (Å²) in [4.78, 5) is 16.5. The molecule has 94 valence electrons. The van der Waals surface area contributed by atoms with E-state index < -0.39 is 0 Å². The molecule has 5 heteroatoms. The van der Waals surface area contributed by atoms with Gasteiger partial charge in [-0.05, 0) is 20.4 Å². The van der Waals surface area contributed by atoms with Gasteiger partial charge >= 0.3 is 0 Å². The average Bonchev–Trinajstić information content (AvgIpc) is 2.69. The number of hydrogen-bond acceptors (Lipinski definition) is 3. The van der Waals surface area contributed by atoms with Crippen molar-refractivity contribution in [3.05, 3.63) is 17.0 Å². The summed E-state index contributed by atoms with van der Waals surface area (Å²) in [7, 11) is 0. The van der Waals surface area contributed by atoms with E-state index in [2.05, 4.69) is 22.0 Å². The molecule has 1 N–H and O–H groups in total. The molecule has 0 spiro atoms. The molecular weight excluding hydrogens is 216 g/mol. The Morgan fingerprint density at radius 1 is 1.29 bits per heavy atom. The molecule has 1 amide bonds. The van der Waals surface area contributed by atoms with Crippen molar-refractivity contribution in [3.63, 3.8) is 0 Å². The molecule has 1 saturated heterocycles. The normalized spacial score (nSPS) is 17.5. The van der Waals surface area contributed by atoms with E-state index in [4.69, 9.17) is 0 Å². The molecule has 1 fully saturated rings. The van der Waals surface area contributed by atoms with Crippen molar-refractivity contribution in [2.75, 3.05) is 32.7 Å². The van der Waals surface area contributed by atoms with E-state index in [0.717, 1.165) is 44.0 Å². The summed E-state index contributed by atoms with van der Waals surface area (Å²) >= 11 is 0. The predicted molar refractivity (Wildman–Crippen MR) is 66.1 cm³/mol. The molecular formula is C12H20N4O. The van der Waals surface area contributed by atoms with Gasteiger partial charge < -0.3 is 9.80 Å². The first kappa shape index (κ1) is 12.1. The van der Waals surface area contributed by atoms with Crippen LogP contribution in [-0.2, 0) is 0 Å². The van der Waals surface area contributed by atoms with Gasteiger partial charge in [0.15, 0.2) is 5.69 Å². The number of likely N-dealkylation sites (N-methyl/N-ethyl adjacent to an activating group) is 1. The highest BCUT2D eigenvalue weighted by Gasteiger charge is 2.24. The van der Waals surface area contributed by atoms with E-state index in [0.29, 0.717) is 5.69 Å². The fraction of sp³-hybridized carbons (Fsp3) is 0.667. The molecule has 0 aromatic carbocycles. The number of aryl methyl sites for hydroxylation is 1. The van der Waals surface area contributed by atoms with Gasteiger partial charge in [0.1, 0.15) is 0 Å². The van der Waals surface area contributed by atoms with Crippen molar-refractivity contribution in [3.8, 4) is 0 Å². The number of rotatable bonds is 2. The molecule has 2 heterocycles. The highest BCUT2D eigenvalue weighted by Crippen LogP contribution is 2.12. The number of piperazine rings is 1. The average molecular weight is 236 g/mol. The number of amides is 1. The zero-order valence-electron chi connectivity index (χ0n) is 10.8. The Labute approximate surface area is 102 Å². The van der Waals surface area contributed by atoms with Gasteiger partial charge in [-0.2, -0.15) is 5.10 Å². The van der Waals surface area contributed by atoms with E-state index in [9.17, 15) is 4.79 Å². The monoisotopic (exact) mass is 236 g/mol. The number of H-pyrrole nitrogens is 1. The quantitative estimate of drug-likeness (QED) is 0.826. The van der Waals surface area contributed by atoms with Crippen LogP contribution < -0.4 is 0 Å². The number of carbonyl (C=O) groups is 1. The molecule has 2 rings (SSSR count). The minimum atomic E-state index is 0.0580. The summed E-state index contributed by atoms with van der Waals surface area (Å²) in [6.45, 7) is 10.6. The Kier molecular flexibility index (Phi) is 3.47. The lowest BCUT2D eigenvalue weighted by Gasteiger charge is -2.33. The zero-order chi connectivity index (χ0) is 12.4. The summed E-state index contributed by atoms with van der Waals surface area (Å²) in [5.74, 6) is 0.0580. The van der Waals surface area contributed by atoms with Gasteiger partial charge in [0, 0.05) is 37.4 Å². The van der Waals surface area contributed by atoms with Crippen LogP contribution in [0.5, 0.6) is 0 Å². The number of hydrogen-bond donors (Lipinski definition) is 1. The molecule has 1 aliphatic rings. The maximum atomic E-state index is 12.3. The fourth-order valence-electron chi connectivity index (χ4n) is 2.11. The first-order chi connectivity index (χ1) is 8.13. The van der Waals surface area contributed by atoms with E-state index in [1.54, 1.807) is 0 Å². The standard InChI is InChI=1S/C12H20N4O/c1-4-15-5-7-16(8-6-15)12(17)11-9(2)10(3)13-14-11/h4-8H2,1-3H3,(H,13,14). The van der Waals surface area contributed by atoms with Gasteiger partial charge in [-0.1, -0.05) is 6.92 Å². The van der Waals surface area contributed by atoms with E-state index in [1.807, 2.05) is 18.7 Å². The Balaban J connectivity index is 2.04. The topological polar surface area (TPSA) is 52.2 Å². The third kappa shape index (κ3) is 2.34. The fourth-order valence-corrected chi connectivity index (χ4v) is 2.11. The van der Waals surface area contributed by atoms with E-state index in [-0.39, 0.29) is 5.91 Å². The molecule has 1 aromatic rings. The Morgan fingerprint density at radius 3 is 2.41 bits per heavy atom. The number of nitrogens with one attached hydrogen (secondary N) is 1. The van der Waals surface area contributed by atoms with Crippen molar-refractivity contribution >= 4 is 5.91 Å². The van der Waals surface area contributed by atoms with Crippen molar-refractivity contribution in [1.29, 1.82) is 0 Å². The molecule has 17 heavy (non-hydrogen) atoms. The predicted octanol–water partition coefficient (Wildman–Crippen LogP) is 0.804. The summed E-state index contributed by atoms with van der Waals surface area (Å²) in [6, 6.07) is 0. The minimum Gasteiger partial charge on any atom is -0.335 e. The second kappa shape index (κ2) is 4.87. The smallest absolute Gasteiger partial charge is 0.274 e. The molecule has 0 bridgehead atoms. The van der Waals surface area contributed by atoms with Crippen molar-refractivity contribution < 1.29 is 4.79 Å². The molecule has 0 aliphatic carbocycles. The minimum absolute atomic E-state index is 0.0580. The molecule has 1 aliphatic heterocycles. The second-order valence-electron chi connectivity index (χ2n) is 4.55. The number of aromatic nitrogens is 2. The van der Waals surface area contributed by atoms with Crippen molar-refractivity contribution in [2.45, 2.75) is 20.8 Å². The van der Waals surface area contributed by atoms with E-state index in [1.165, 1.54) is 0 Å². The van der Waals surface area contributed by atoms with Crippen LogP contribution in [0.1, 0.15) is 28.7 Å². The van der Waals surface area contributed by atoms with Crippen LogP contribution >= 0.6 is 0 Å². The number of aromatic amines is 1. The van der Waals surface area contributed by atoms with Crippen LogP contribution in [0, 0.1) is 13.8 Å². The molecule has 0 radical (unpaired) electrons. The van der Waals surface area contributed by atoms with Gasteiger partial charge in [0.25, 0.3) is 5.91 Å². The van der Waals surface area contributed by atoms with Crippen LogP contribution in [0.3, 0.4) is 0 Å². The third-order valence-electron chi connectivity index (χ3n) is 3.56. The van der Waals surface area contributed by atoms with Crippen molar-refractivity contribution in [2.24, 2.45) is 0 Å². The van der Waals surface area contributed by atoms with Gasteiger partial charge in [-0.15, -0.1) is 0 Å². The number of nitrogens with zero attached hydrogens (tertiary/aromatic N) is 3. The molecule has 0 saturated carbocycles. The van der Waals surface area contributed by atoms with E-state index >= 15 is 0 Å². The largest absolute Gasteiger partial charge is 0.335 e. The lowest BCUT2D eigenvalue weighted by Crippen LogP contribution is -2.48. The third-order valence-corrected chi connectivity index (χ3v) is 3.56. The molecule has 0 atom stereocenters. The lowest BCUT2D eigenvalue weighted by atomic mass is 10.2. The first-order valence-electron chi connectivity index (χ1n) is 6.16. The lowest BCUT2D eigenvalue weighted by molar-refractivity contribution is 0.0637. The summed E-state index contributed by atoms with van der Waals surface area (Å²) < 4.78 is 0. The maximum absolute atomic E-state index is 12.3. The highest BCUT2D eigenvalue weighted by molar-refractivity contribution is 5.94. The van der Waals surface area contributed by atoms with Crippen LogP contribution in [0.25, 0.3) is 0 Å². The van der Waals surface area contributed by atoms with Crippen LogP contribution in [0.4, 0.5) is 0 Å². The highest BCUT2D eigenvalue weighted by atomic mass is 16.2. The van der Waals surface area contributed by atoms with Crippen LogP contribution in [0.15, 0.2) is 0 Å². The molecule has 1 aromatic heterocycles. The molecule has 5 nitrogen and oxygen atoms in total. The summed E-state index contributed by atoms with van der Waals surface area (Å²) in [5, 5.41) is 6.97. The maximum Gasteiger partial charge on any atom is 0.274 e. The van der Waals surface area contributed by atoms with Crippen LogP contribution in [-0.4, -0.2) is 58.6 Å². The Hall–Kier alpha value is -1.36. The number of carbonyl (C=O) groups excluding carboxylic acids is 1. The Morgan fingerprint density at radius 2 is 1.94 bits per heavy atom. The van der Waals surface area contributed by atoms with Gasteiger partial charge in [-0.3, -0.25) is 9.89 Å². The molecule has 0 unspecified atom stereocenters. The second-order valence-corrected chi connectivity index (χ2v) is 4.55.